The van der Waals surface area contributed by atoms with Gasteiger partial charge in [0.15, 0.2) is 0 Å². The van der Waals surface area contributed by atoms with Crippen molar-refractivity contribution in [3.05, 3.63) is 48.0 Å². The van der Waals surface area contributed by atoms with Gasteiger partial charge in [0, 0.05) is 26.3 Å². The van der Waals surface area contributed by atoms with Crippen LogP contribution in [0.4, 0.5) is 0 Å². The highest BCUT2D eigenvalue weighted by atomic mass is 16.4. The molecule has 1 heterocycles. The van der Waals surface area contributed by atoms with Gasteiger partial charge < -0.3 is 20.4 Å². The number of hydrogen-bond acceptors (Lipinski definition) is 4. The topological polar surface area (TPSA) is 107 Å². The van der Waals surface area contributed by atoms with Gasteiger partial charge in [0.25, 0.3) is 0 Å². The number of hydrogen-bond donors (Lipinski definition) is 3. The summed E-state index contributed by atoms with van der Waals surface area (Å²) >= 11 is 0. The minimum Gasteiger partial charge on any atom is -0.480 e. The number of likely N-dealkylation sites (tertiary alicyclic amines) is 1. The molecule has 3 rings (SSSR count). The van der Waals surface area contributed by atoms with Gasteiger partial charge in [-0.25, -0.2) is 4.79 Å². The van der Waals surface area contributed by atoms with Gasteiger partial charge in [-0.05, 0) is 16.3 Å². The van der Waals surface area contributed by atoms with Crippen molar-refractivity contribution in [3.63, 3.8) is 0 Å². The van der Waals surface area contributed by atoms with Gasteiger partial charge >= 0.3 is 5.97 Å². The molecular formula is C20H22N2O5. The molecule has 1 aliphatic heterocycles. The van der Waals surface area contributed by atoms with Crippen molar-refractivity contribution in [1.82, 2.24) is 10.2 Å². The average molecular weight is 370 g/mol. The maximum atomic E-state index is 12.6. The van der Waals surface area contributed by atoms with Crippen LogP contribution in [0.25, 0.3) is 10.8 Å². The number of aliphatic carboxylic acids is 1. The Hall–Kier alpha value is -2.93. The number of carbonyl (C=O) groups is 3. The number of nitrogens with one attached hydrogen (secondary N) is 1. The van der Waals surface area contributed by atoms with E-state index in [2.05, 4.69) is 5.32 Å². The summed E-state index contributed by atoms with van der Waals surface area (Å²) in [5.41, 5.74) is 0.815. The van der Waals surface area contributed by atoms with Crippen molar-refractivity contribution >= 4 is 28.6 Å². The minimum atomic E-state index is -1.15. The summed E-state index contributed by atoms with van der Waals surface area (Å²) in [6.07, 6.45) is -0.560. The molecule has 0 bridgehead atoms. The standard InChI is InChI=1S/C20H22N2O5/c1-12(23)22-11-15(24)10-18(22)19(25)21-17(20(26)27)9-14-7-4-6-13-5-2-3-8-16(13)14/h2-8,15,17-18,24H,9-11H2,1H3,(H,21,25)(H,26,27)/t15-,17-,18+/m1/s1. The van der Waals surface area contributed by atoms with Crippen molar-refractivity contribution in [2.75, 3.05) is 6.54 Å². The molecule has 0 aromatic heterocycles. The molecule has 27 heavy (non-hydrogen) atoms. The van der Waals surface area contributed by atoms with E-state index < -0.39 is 30.1 Å². The molecule has 2 aromatic carbocycles. The Morgan fingerprint density at radius 1 is 1.19 bits per heavy atom. The maximum absolute atomic E-state index is 12.6. The first kappa shape index (κ1) is 18.8. The Morgan fingerprint density at radius 2 is 1.89 bits per heavy atom. The molecule has 0 saturated carbocycles. The SMILES string of the molecule is CC(=O)N1C[C@H](O)C[C@H]1C(=O)N[C@H](Cc1cccc2ccccc12)C(=O)O. The van der Waals surface area contributed by atoms with Gasteiger partial charge in [-0.3, -0.25) is 9.59 Å². The molecule has 3 atom stereocenters. The van der Waals surface area contributed by atoms with E-state index >= 15 is 0 Å². The van der Waals surface area contributed by atoms with Gasteiger partial charge in [-0.15, -0.1) is 0 Å². The van der Waals surface area contributed by atoms with Crippen LogP contribution < -0.4 is 5.32 Å². The second kappa shape index (κ2) is 7.75. The van der Waals surface area contributed by atoms with E-state index in [1.165, 1.54) is 11.8 Å². The van der Waals surface area contributed by atoms with Crippen molar-refractivity contribution in [2.24, 2.45) is 0 Å². The van der Waals surface area contributed by atoms with Gasteiger partial charge in [-0.2, -0.15) is 0 Å². The number of carboxylic acid groups (broad SMARTS) is 1. The number of fused-ring (bicyclic) bond motifs is 1. The molecule has 2 aromatic rings. The molecule has 1 saturated heterocycles. The van der Waals surface area contributed by atoms with Crippen LogP contribution >= 0.6 is 0 Å². The van der Waals surface area contributed by atoms with Gasteiger partial charge in [-0.1, -0.05) is 42.5 Å². The molecule has 0 radical (unpaired) electrons. The van der Waals surface area contributed by atoms with E-state index in [1.54, 1.807) is 0 Å². The first-order valence-corrected chi connectivity index (χ1v) is 8.82. The van der Waals surface area contributed by atoms with E-state index in [0.717, 1.165) is 16.3 Å². The summed E-state index contributed by atoms with van der Waals surface area (Å²) in [6, 6.07) is 11.3. The lowest BCUT2D eigenvalue weighted by atomic mass is 9.98. The zero-order valence-electron chi connectivity index (χ0n) is 15.0. The third kappa shape index (κ3) is 4.09. The van der Waals surface area contributed by atoms with E-state index in [9.17, 15) is 24.6 Å². The lowest BCUT2D eigenvalue weighted by Crippen LogP contribution is -2.51. The van der Waals surface area contributed by atoms with E-state index in [-0.39, 0.29) is 25.3 Å². The monoisotopic (exact) mass is 370 g/mol. The molecule has 0 spiro atoms. The summed E-state index contributed by atoms with van der Waals surface area (Å²) in [4.78, 5) is 37.3. The molecular weight excluding hydrogens is 348 g/mol. The number of amides is 2. The summed E-state index contributed by atoms with van der Waals surface area (Å²) in [6.45, 7) is 1.40. The highest BCUT2D eigenvalue weighted by molar-refractivity contribution is 5.91. The van der Waals surface area contributed by atoms with Crippen molar-refractivity contribution in [2.45, 2.75) is 38.0 Å². The molecule has 142 valence electrons. The second-order valence-electron chi connectivity index (χ2n) is 6.82. The molecule has 1 fully saturated rings. The number of carboxylic acids is 1. The van der Waals surface area contributed by atoms with Crippen LogP contribution in [0.3, 0.4) is 0 Å². The van der Waals surface area contributed by atoms with Gasteiger partial charge in [0.2, 0.25) is 11.8 Å². The quantitative estimate of drug-likeness (QED) is 0.726. The number of aliphatic hydroxyl groups excluding tert-OH is 1. The smallest absolute Gasteiger partial charge is 0.326 e. The normalized spacial score (nSPS) is 20.4. The molecule has 1 aliphatic rings. The summed E-state index contributed by atoms with van der Waals surface area (Å²) in [5, 5.41) is 23.8. The minimum absolute atomic E-state index is 0.0779. The fraction of sp³-hybridized carbons (Fsp3) is 0.350. The number of β-amino-alcohol motifs (C(OH)–C–C–N with tert-alkyl or cyclic N) is 1. The van der Waals surface area contributed by atoms with Crippen LogP contribution in [0.15, 0.2) is 42.5 Å². The highest BCUT2D eigenvalue weighted by Crippen LogP contribution is 2.21. The van der Waals surface area contributed by atoms with Gasteiger partial charge in [0.1, 0.15) is 12.1 Å². The summed E-state index contributed by atoms with van der Waals surface area (Å²) in [5.74, 6) is -2.04. The van der Waals surface area contributed by atoms with Gasteiger partial charge in [0.05, 0.1) is 6.10 Å². The molecule has 0 unspecified atom stereocenters. The molecule has 7 heteroatoms. The maximum Gasteiger partial charge on any atom is 0.326 e. The van der Waals surface area contributed by atoms with E-state index in [4.69, 9.17) is 0 Å². The number of rotatable bonds is 5. The predicted octanol–water partition coefficient (Wildman–Crippen LogP) is 0.933. The lowest BCUT2D eigenvalue weighted by molar-refractivity contribution is -0.143. The van der Waals surface area contributed by atoms with Crippen LogP contribution in [-0.4, -0.2) is 57.6 Å². The third-order valence-corrected chi connectivity index (χ3v) is 4.90. The zero-order chi connectivity index (χ0) is 19.6. The number of benzene rings is 2. The molecule has 7 nitrogen and oxygen atoms in total. The fourth-order valence-corrected chi connectivity index (χ4v) is 3.57. The Labute approximate surface area is 156 Å². The highest BCUT2D eigenvalue weighted by Gasteiger charge is 2.38. The fourth-order valence-electron chi connectivity index (χ4n) is 3.57. The van der Waals surface area contributed by atoms with Crippen LogP contribution in [0, 0.1) is 0 Å². The first-order chi connectivity index (χ1) is 12.9. The Morgan fingerprint density at radius 3 is 2.59 bits per heavy atom. The average Bonchev–Trinajstić information content (AvgIpc) is 3.03. The van der Waals surface area contributed by atoms with Crippen molar-refractivity contribution < 1.29 is 24.6 Å². The van der Waals surface area contributed by atoms with Crippen molar-refractivity contribution in [3.8, 4) is 0 Å². The largest absolute Gasteiger partial charge is 0.480 e. The summed E-state index contributed by atoms with van der Waals surface area (Å²) in [7, 11) is 0. The van der Waals surface area contributed by atoms with Crippen molar-refractivity contribution in [1.29, 1.82) is 0 Å². The Kier molecular flexibility index (Phi) is 5.41. The van der Waals surface area contributed by atoms with Crippen LogP contribution in [0.2, 0.25) is 0 Å². The Balaban J connectivity index is 1.79. The Bertz CT molecular complexity index is 876. The molecule has 3 N–H and O–H groups in total. The zero-order valence-corrected chi connectivity index (χ0v) is 15.0. The van der Waals surface area contributed by atoms with Crippen LogP contribution in [-0.2, 0) is 20.8 Å². The van der Waals surface area contributed by atoms with Crippen LogP contribution in [0.5, 0.6) is 0 Å². The van der Waals surface area contributed by atoms with E-state index in [1.807, 2.05) is 42.5 Å². The third-order valence-electron chi connectivity index (χ3n) is 4.90. The molecule has 2 amide bonds. The van der Waals surface area contributed by atoms with Crippen LogP contribution in [0.1, 0.15) is 18.9 Å². The predicted molar refractivity (Wildman–Crippen MR) is 99.0 cm³/mol. The molecule has 0 aliphatic carbocycles. The summed E-state index contributed by atoms with van der Waals surface area (Å²) < 4.78 is 0. The number of nitrogens with zero attached hydrogens (tertiary/aromatic N) is 1. The second-order valence-corrected chi connectivity index (χ2v) is 6.82. The number of aliphatic hydroxyl groups is 1. The van der Waals surface area contributed by atoms with E-state index in [0.29, 0.717) is 0 Å². The number of carbonyl (C=O) groups excluding carboxylic acids is 2. The first-order valence-electron chi connectivity index (χ1n) is 8.82. The lowest BCUT2D eigenvalue weighted by Gasteiger charge is -2.24.